The van der Waals surface area contributed by atoms with Crippen LogP contribution in [-0.4, -0.2) is 11.1 Å². The van der Waals surface area contributed by atoms with E-state index in [0.717, 1.165) is 6.07 Å². The Bertz CT molecular complexity index is 597. The monoisotopic (exact) mass is 244 g/mol. The lowest BCUT2D eigenvalue weighted by molar-refractivity contribution is 0.0693. The zero-order valence-corrected chi connectivity index (χ0v) is 9.25. The van der Waals surface area contributed by atoms with Gasteiger partial charge in [0.2, 0.25) is 0 Å². The first-order valence-corrected chi connectivity index (χ1v) is 5.17. The van der Waals surface area contributed by atoms with E-state index in [9.17, 15) is 9.18 Å². The number of hydrogen-bond acceptors (Lipinski definition) is 3. The molecule has 5 heteroatoms. The minimum Gasteiger partial charge on any atom is -0.478 e. The van der Waals surface area contributed by atoms with Gasteiger partial charge in [-0.25, -0.2) is 9.18 Å². The van der Waals surface area contributed by atoms with Crippen LogP contribution >= 0.6 is 0 Å². The first-order valence-electron chi connectivity index (χ1n) is 5.17. The summed E-state index contributed by atoms with van der Waals surface area (Å²) in [5.74, 6) is -2.19. The van der Waals surface area contributed by atoms with Crippen molar-refractivity contribution >= 4 is 17.3 Å². The molecule has 90 valence electrons. The third-order valence-electron chi connectivity index (χ3n) is 2.23. The fraction of sp³-hybridized carbons (Fsp3) is 0. The molecule has 0 radical (unpaired) electrons. The molecule has 1 N–H and O–H groups in total. The highest BCUT2D eigenvalue weighted by Crippen LogP contribution is 2.24. The summed E-state index contributed by atoms with van der Waals surface area (Å²) in [6, 6.07) is 12.7. The molecule has 0 saturated carbocycles. The van der Waals surface area contributed by atoms with Crippen LogP contribution in [0.4, 0.5) is 15.8 Å². The second kappa shape index (κ2) is 5.18. The minimum absolute atomic E-state index is 0.00801. The van der Waals surface area contributed by atoms with Gasteiger partial charge in [-0.2, -0.15) is 5.11 Å². The number of carboxylic acid groups (broad SMARTS) is 1. The van der Waals surface area contributed by atoms with Gasteiger partial charge in [-0.1, -0.05) is 24.3 Å². The number of benzene rings is 2. The van der Waals surface area contributed by atoms with E-state index in [0.29, 0.717) is 5.69 Å². The average Bonchev–Trinajstić information content (AvgIpc) is 2.37. The molecule has 0 atom stereocenters. The Kier molecular flexibility index (Phi) is 3.43. The van der Waals surface area contributed by atoms with Crippen LogP contribution in [0.1, 0.15) is 10.4 Å². The van der Waals surface area contributed by atoms with Crippen LogP contribution in [0.15, 0.2) is 58.8 Å². The summed E-state index contributed by atoms with van der Waals surface area (Å²) >= 11 is 0. The Labute approximate surface area is 102 Å². The van der Waals surface area contributed by atoms with Gasteiger partial charge in [-0.3, -0.25) is 0 Å². The van der Waals surface area contributed by atoms with E-state index in [4.69, 9.17) is 5.11 Å². The van der Waals surface area contributed by atoms with Gasteiger partial charge in [-0.15, -0.1) is 5.11 Å². The summed E-state index contributed by atoms with van der Waals surface area (Å²) < 4.78 is 13.3. The molecule has 0 fully saturated rings. The topological polar surface area (TPSA) is 62.0 Å². The number of rotatable bonds is 3. The molecule has 2 aromatic rings. The molecule has 0 aliphatic heterocycles. The minimum atomic E-state index is -1.37. The molecule has 0 aromatic heterocycles. The molecule has 0 aliphatic rings. The summed E-state index contributed by atoms with van der Waals surface area (Å²) in [4.78, 5) is 10.9. The van der Waals surface area contributed by atoms with Crippen molar-refractivity contribution in [3.8, 4) is 0 Å². The lowest BCUT2D eigenvalue weighted by atomic mass is 10.2. The first kappa shape index (κ1) is 11.9. The summed E-state index contributed by atoms with van der Waals surface area (Å²) in [7, 11) is 0. The van der Waals surface area contributed by atoms with Crippen LogP contribution in [-0.2, 0) is 0 Å². The van der Waals surface area contributed by atoms with Gasteiger partial charge < -0.3 is 5.11 Å². The molecule has 2 rings (SSSR count). The van der Waals surface area contributed by atoms with E-state index < -0.39 is 17.3 Å². The van der Waals surface area contributed by atoms with Gasteiger partial charge in [0.25, 0.3) is 0 Å². The smallest absolute Gasteiger partial charge is 0.340 e. The van der Waals surface area contributed by atoms with E-state index in [1.807, 2.05) is 6.07 Å². The number of hydrogen-bond donors (Lipinski definition) is 1. The molecule has 0 saturated heterocycles. The highest BCUT2D eigenvalue weighted by atomic mass is 19.1. The number of aromatic carboxylic acids is 1. The Morgan fingerprint density at radius 2 is 1.72 bits per heavy atom. The quantitative estimate of drug-likeness (QED) is 0.831. The first-order chi connectivity index (χ1) is 8.68. The predicted molar refractivity (Wildman–Crippen MR) is 64.0 cm³/mol. The second-order valence-corrected chi connectivity index (χ2v) is 3.47. The van der Waals surface area contributed by atoms with Crippen molar-refractivity contribution in [2.45, 2.75) is 0 Å². The van der Waals surface area contributed by atoms with Gasteiger partial charge in [0.15, 0.2) is 0 Å². The molecule has 0 spiro atoms. The van der Waals surface area contributed by atoms with Gasteiger partial charge in [-0.05, 0) is 24.3 Å². The predicted octanol–water partition coefficient (Wildman–Crippen LogP) is 3.94. The average molecular weight is 244 g/mol. The van der Waals surface area contributed by atoms with E-state index in [1.54, 1.807) is 24.3 Å². The Balaban J connectivity index is 2.38. The fourth-order valence-corrected chi connectivity index (χ4v) is 1.41. The molecular weight excluding hydrogens is 235 g/mol. The molecule has 0 heterocycles. The SMILES string of the molecule is O=C(O)c1c(F)cccc1N=Nc1ccccc1. The largest absolute Gasteiger partial charge is 0.478 e. The van der Waals surface area contributed by atoms with E-state index in [2.05, 4.69) is 10.2 Å². The van der Waals surface area contributed by atoms with Gasteiger partial charge in [0.05, 0.1) is 5.69 Å². The maximum Gasteiger partial charge on any atom is 0.340 e. The van der Waals surface area contributed by atoms with Gasteiger partial charge in [0.1, 0.15) is 17.1 Å². The lowest BCUT2D eigenvalue weighted by Gasteiger charge is -2.00. The summed E-state index contributed by atoms with van der Waals surface area (Å²) in [5.41, 5.74) is 0.0848. The van der Waals surface area contributed by atoms with Crippen molar-refractivity contribution in [3.05, 3.63) is 59.9 Å². The third kappa shape index (κ3) is 2.57. The molecule has 0 aliphatic carbocycles. The lowest BCUT2D eigenvalue weighted by Crippen LogP contribution is -2.00. The Morgan fingerprint density at radius 3 is 2.39 bits per heavy atom. The Morgan fingerprint density at radius 1 is 1.00 bits per heavy atom. The van der Waals surface area contributed by atoms with Crippen LogP contribution in [0, 0.1) is 5.82 Å². The van der Waals surface area contributed by atoms with Crippen LogP contribution in [0.5, 0.6) is 0 Å². The number of halogens is 1. The summed E-state index contributed by atoms with van der Waals surface area (Å²) in [5, 5.41) is 16.5. The molecule has 0 unspecified atom stereocenters. The van der Waals surface area contributed by atoms with Gasteiger partial charge in [0, 0.05) is 0 Å². The van der Waals surface area contributed by atoms with Crippen molar-refractivity contribution in [2.75, 3.05) is 0 Å². The maximum absolute atomic E-state index is 13.3. The summed E-state index contributed by atoms with van der Waals surface area (Å²) in [6.45, 7) is 0. The van der Waals surface area contributed by atoms with Crippen LogP contribution in [0.2, 0.25) is 0 Å². The van der Waals surface area contributed by atoms with Crippen LogP contribution < -0.4 is 0 Å². The summed E-state index contributed by atoms with van der Waals surface area (Å²) in [6.07, 6.45) is 0. The van der Waals surface area contributed by atoms with Crippen molar-refractivity contribution in [1.82, 2.24) is 0 Å². The maximum atomic E-state index is 13.3. The van der Waals surface area contributed by atoms with Crippen molar-refractivity contribution in [2.24, 2.45) is 10.2 Å². The number of azo groups is 1. The zero-order chi connectivity index (χ0) is 13.0. The number of carbonyl (C=O) groups is 1. The second-order valence-electron chi connectivity index (χ2n) is 3.47. The fourth-order valence-electron chi connectivity index (χ4n) is 1.41. The van der Waals surface area contributed by atoms with Gasteiger partial charge >= 0.3 is 5.97 Å². The molecular formula is C13H9FN2O2. The number of carboxylic acids is 1. The van der Waals surface area contributed by atoms with Crippen molar-refractivity contribution < 1.29 is 14.3 Å². The van der Waals surface area contributed by atoms with E-state index in [1.165, 1.54) is 12.1 Å². The van der Waals surface area contributed by atoms with Crippen LogP contribution in [0.3, 0.4) is 0 Å². The van der Waals surface area contributed by atoms with E-state index in [-0.39, 0.29) is 5.69 Å². The number of nitrogens with zero attached hydrogens (tertiary/aromatic N) is 2. The highest BCUT2D eigenvalue weighted by Gasteiger charge is 2.15. The molecule has 4 nitrogen and oxygen atoms in total. The van der Waals surface area contributed by atoms with E-state index >= 15 is 0 Å². The molecule has 0 bridgehead atoms. The van der Waals surface area contributed by atoms with Crippen molar-refractivity contribution in [1.29, 1.82) is 0 Å². The molecule has 0 amide bonds. The third-order valence-corrected chi connectivity index (χ3v) is 2.23. The zero-order valence-electron chi connectivity index (χ0n) is 9.25. The Hall–Kier alpha value is -2.56. The van der Waals surface area contributed by atoms with Crippen molar-refractivity contribution in [3.63, 3.8) is 0 Å². The van der Waals surface area contributed by atoms with Crippen LogP contribution in [0.25, 0.3) is 0 Å². The molecule has 18 heavy (non-hydrogen) atoms. The molecule has 2 aromatic carbocycles. The normalized spacial score (nSPS) is 10.7. The standard InChI is InChI=1S/C13H9FN2O2/c14-10-7-4-8-11(12(10)13(17)18)16-15-9-5-2-1-3-6-9/h1-8H,(H,17,18). The highest BCUT2D eigenvalue weighted by molar-refractivity contribution is 5.93.